The Morgan fingerprint density at radius 1 is 1.19 bits per heavy atom. The molecule has 0 aliphatic rings. The molecule has 0 saturated heterocycles. The molecule has 0 amide bonds. The van der Waals surface area contributed by atoms with Crippen molar-refractivity contribution in [3.8, 4) is 5.75 Å². The van der Waals surface area contributed by atoms with Crippen molar-refractivity contribution in [3.05, 3.63) is 63.4 Å². The van der Waals surface area contributed by atoms with Crippen LogP contribution in [0.25, 0.3) is 0 Å². The number of nitrogens with one attached hydrogen (secondary N) is 1. The van der Waals surface area contributed by atoms with E-state index in [0.717, 1.165) is 33.5 Å². The normalized spacial score (nSPS) is 12.2. The lowest BCUT2D eigenvalue weighted by atomic mass is 9.96. The van der Waals surface area contributed by atoms with E-state index in [0.29, 0.717) is 0 Å². The molecule has 0 aliphatic carbocycles. The molecule has 0 aromatic heterocycles. The molecule has 0 radical (unpaired) electrons. The van der Waals surface area contributed by atoms with Crippen LogP contribution >= 0.6 is 15.9 Å². The number of methoxy groups -OCH3 is 1. The van der Waals surface area contributed by atoms with E-state index in [2.05, 4.69) is 27.3 Å². The predicted octanol–water partition coefficient (Wildman–Crippen LogP) is 4.60. The summed E-state index contributed by atoms with van der Waals surface area (Å²) in [5.41, 5.74) is 3.20. The Morgan fingerprint density at radius 2 is 1.95 bits per heavy atom. The standard InChI is InChI=1S/C17H19BrFNO/c1-4-20-17(13-7-6-12(19)10-15(13)18)14-9-11(2)5-8-16(14)21-3/h5-10,17,20H,4H2,1-3H3. The Bertz CT molecular complexity index is 630. The second-order valence-corrected chi connectivity index (χ2v) is 5.76. The van der Waals surface area contributed by atoms with E-state index in [4.69, 9.17) is 4.74 Å². The fourth-order valence-corrected chi connectivity index (χ4v) is 2.99. The average molecular weight is 352 g/mol. The van der Waals surface area contributed by atoms with E-state index in [1.165, 1.54) is 12.1 Å². The Hall–Kier alpha value is -1.39. The van der Waals surface area contributed by atoms with Gasteiger partial charge in [0.15, 0.2) is 0 Å². The third-order valence-electron chi connectivity index (χ3n) is 3.38. The lowest BCUT2D eigenvalue weighted by Crippen LogP contribution is -2.23. The van der Waals surface area contributed by atoms with Gasteiger partial charge in [-0.25, -0.2) is 4.39 Å². The molecule has 2 aromatic carbocycles. The number of hydrogen-bond acceptors (Lipinski definition) is 2. The van der Waals surface area contributed by atoms with E-state index in [1.807, 2.05) is 26.0 Å². The van der Waals surface area contributed by atoms with Crippen LogP contribution in [-0.4, -0.2) is 13.7 Å². The zero-order valence-electron chi connectivity index (χ0n) is 12.4. The minimum atomic E-state index is -0.253. The third-order valence-corrected chi connectivity index (χ3v) is 4.06. The lowest BCUT2D eigenvalue weighted by molar-refractivity contribution is 0.404. The average Bonchev–Trinajstić information content (AvgIpc) is 2.45. The summed E-state index contributed by atoms with van der Waals surface area (Å²) in [6.07, 6.45) is 0. The first-order chi connectivity index (χ1) is 10.1. The first-order valence-electron chi connectivity index (χ1n) is 6.89. The molecule has 1 atom stereocenters. The van der Waals surface area contributed by atoms with Gasteiger partial charge in [0.2, 0.25) is 0 Å². The summed E-state index contributed by atoms with van der Waals surface area (Å²) in [6.45, 7) is 4.89. The molecule has 0 fully saturated rings. The van der Waals surface area contributed by atoms with E-state index in [9.17, 15) is 4.39 Å². The first-order valence-corrected chi connectivity index (χ1v) is 7.69. The minimum absolute atomic E-state index is 0.0557. The Morgan fingerprint density at radius 3 is 2.57 bits per heavy atom. The van der Waals surface area contributed by atoms with E-state index < -0.39 is 0 Å². The van der Waals surface area contributed by atoms with Crippen LogP contribution in [0.5, 0.6) is 5.75 Å². The Balaban J connectivity index is 2.55. The molecule has 2 aromatic rings. The van der Waals surface area contributed by atoms with E-state index >= 15 is 0 Å². The van der Waals surface area contributed by atoms with Crippen molar-refractivity contribution in [1.82, 2.24) is 5.32 Å². The number of benzene rings is 2. The maximum Gasteiger partial charge on any atom is 0.124 e. The molecule has 2 nitrogen and oxygen atoms in total. The summed E-state index contributed by atoms with van der Waals surface area (Å²) in [5, 5.41) is 3.44. The highest BCUT2D eigenvalue weighted by molar-refractivity contribution is 9.10. The molecule has 0 heterocycles. The van der Waals surface area contributed by atoms with Crippen molar-refractivity contribution in [2.24, 2.45) is 0 Å². The number of hydrogen-bond donors (Lipinski definition) is 1. The highest BCUT2D eigenvalue weighted by Crippen LogP contribution is 2.34. The molecule has 0 spiro atoms. The fraction of sp³-hybridized carbons (Fsp3) is 0.294. The topological polar surface area (TPSA) is 21.3 Å². The van der Waals surface area contributed by atoms with Crippen LogP contribution in [0.2, 0.25) is 0 Å². The number of ether oxygens (including phenoxy) is 1. The van der Waals surface area contributed by atoms with Gasteiger partial charge in [0.25, 0.3) is 0 Å². The summed E-state index contributed by atoms with van der Waals surface area (Å²) in [4.78, 5) is 0. The summed E-state index contributed by atoms with van der Waals surface area (Å²) >= 11 is 3.46. The Labute approximate surface area is 133 Å². The van der Waals surface area contributed by atoms with Gasteiger partial charge in [-0.1, -0.05) is 46.6 Å². The van der Waals surface area contributed by atoms with Gasteiger partial charge >= 0.3 is 0 Å². The molecule has 0 saturated carbocycles. The van der Waals surface area contributed by atoms with Crippen molar-refractivity contribution in [1.29, 1.82) is 0 Å². The van der Waals surface area contributed by atoms with Crippen molar-refractivity contribution < 1.29 is 9.13 Å². The highest BCUT2D eigenvalue weighted by Gasteiger charge is 2.20. The maximum absolute atomic E-state index is 13.3. The second-order valence-electron chi connectivity index (χ2n) is 4.90. The Kier molecular flexibility index (Phi) is 5.37. The number of rotatable bonds is 5. The quantitative estimate of drug-likeness (QED) is 0.849. The molecule has 4 heteroatoms. The molecule has 21 heavy (non-hydrogen) atoms. The van der Waals surface area contributed by atoms with Crippen molar-refractivity contribution in [2.45, 2.75) is 19.9 Å². The number of halogens is 2. The SMILES string of the molecule is CCNC(c1ccc(F)cc1Br)c1cc(C)ccc1OC. The highest BCUT2D eigenvalue weighted by atomic mass is 79.9. The second kappa shape index (κ2) is 7.05. The number of aryl methyl sites for hydroxylation is 1. The largest absolute Gasteiger partial charge is 0.496 e. The maximum atomic E-state index is 13.3. The van der Waals surface area contributed by atoms with Gasteiger partial charge in [-0.05, 0) is 37.2 Å². The molecular weight excluding hydrogens is 333 g/mol. The van der Waals surface area contributed by atoms with Crippen molar-refractivity contribution >= 4 is 15.9 Å². The van der Waals surface area contributed by atoms with Crippen LogP contribution in [0.4, 0.5) is 4.39 Å². The summed E-state index contributed by atoms with van der Waals surface area (Å²) in [7, 11) is 1.66. The summed E-state index contributed by atoms with van der Waals surface area (Å²) in [5.74, 6) is 0.569. The first kappa shape index (κ1) is 16.0. The lowest BCUT2D eigenvalue weighted by Gasteiger charge is -2.23. The summed E-state index contributed by atoms with van der Waals surface area (Å²) in [6, 6.07) is 10.8. The van der Waals surface area contributed by atoms with E-state index in [-0.39, 0.29) is 11.9 Å². The third kappa shape index (κ3) is 3.63. The zero-order valence-corrected chi connectivity index (χ0v) is 14.0. The van der Waals surface area contributed by atoms with Crippen LogP contribution in [0, 0.1) is 12.7 Å². The van der Waals surface area contributed by atoms with E-state index in [1.54, 1.807) is 13.2 Å². The van der Waals surface area contributed by atoms with Gasteiger partial charge in [0.1, 0.15) is 11.6 Å². The molecular formula is C17H19BrFNO. The fourth-order valence-electron chi connectivity index (χ4n) is 2.41. The van der Waals surface area contributed by atoms with Gasteiger partial charge in [-0.2, -0.15) is 0 Å². The molecule has 112 valence electrons. The minimum Gasteiger partial charge on any atom is -0.496 e. The van der Waals surface area contributed by atoms with Gasteiger partial charge < -0.3 is 10.1 Å². The van der Waals surface area contributed by atoms with Crippen LogP contribution in [0.3, 0.4) is 0 Å². The van der Waals surface area contributed by atoms with Crippen LogP contribution in [0.1, 0.15) is 29.7 Å². The summed E-state index contributed by atoms with van der Waals surface area (Å²) < 4.78 is 19.6. The molecule has 0 aliphatic heterocycles. The monoisotopic (exact) mass is 351 g/mol. The molecule has 1 unspecified atom stereocenters. The molecule has 2 rings (SSSR count). The zero-order chi connectivity index (χ0) is 15.4. The van der Waals surface area contributed by atoms with Crippen LogP contribution in [0.15, 0.2) is 40.9 Å². The van der Waals surface area contributed by atoms with Gasteiger partial charge in [0.05, 0.1) is 13.2 Å². The van der Waals surface area contributed by atoms with Gasteiger partial charge in [-0.15, -0.1) is 0 Å². The van der Waals surface area contributed by atoms with Crippen molar-refractivity contribution in [3.63, 3.8) is 0 Å². The van der Waals surface area contributed by atoms with Crippen LogP contribution in [-0.2, 0) is 0 Å². The van der Waals surface area contributed by atoms with Gasteiger partial charge in [-0.3, -0.25) is 0 Å². The molecule has 1 N–H and O–H groups in total. The molecule has 0 bridgehead atoms. The smallest absolute Gasteiger partial charge is 0.124 e. The van der Waals surface area contributed by atoms with Gasteiger partial charge in [0, 0.05) is 10.0 Å². The van der Waals surface area contributed by atoms with Crippen molar-refractivity contribution in [2.75, 3.05) is 13.7 Å². The predicted molar refractivity (Wildman–Crippen MR) is 87.4 cm³/mol. The van der Waals surface area contributed by atoms with Crippen LogP contribution < -0.4 is 10.1 Å².